The third-order valence-electron chi connectivity index (χ3n) is 4.94. The standard InChI is InChI=1S/C21H26BrN3O3S/c1-17-3-2-4-18(15-17)16-25(12-9-21(26)24-13-10-23-11-14-24)29(27,28)20-7-5-19(22)6-8-20/h2-8,15,23H,9-14,16H2,1H3. The van der Waals surface area contributed by atoms with E-state index < -0.39 is 10.0 Å². The van der Waals surface area contributed by atoms with Crippen LogP contribution in [0.25, 0.3) is 0 Å². The van der Waals surface area contributed by atoms with Crippen molar-refractivity contribution in [2.45, 2.75) is 24.8 Å². The number of nitrogens with zero attached hydrogens (tertiary/aromatic N) is 2. The average Bonchev–Trinajstić information content (AvgIpc) is 2.71. The molecule has 1 saturated heterocycles. The highest BCUT2D eigenvalue weighted by molar-refractivity contribution is 9.10. The van der Waals surface area contributed by atoms with Gasteiger partial charge < -0.3 is 10.2 Å². The van der Waals surface area contributed by atoms with Gasteiger partial charge in [0.15, 0.2) is 0 Å². The Labute approximate surface area is 181 Å². The molecule has 1 aliphatic rings. The summed E-state index contributed by atoms with van der Waals surface area (Å²) in [6.07, 6.45) is 0.168. The second-order valence-corrected chi connectivity index (χ2v) is 10.0. The van der Waals surface area contributed by atoms with E-state index in [1.165, 1.54) is 4.31 Å². The molecule has 0 aromatic heterocycles. The lowest BCUT2D eigenvalue weighted by molar-refractivity contribution is -0.131. The molecule has 0 aliphatic carbocycles. The zero-order chi connectivity index (χ0) is 20.9. The number of halogens is 1. The molecular weight excluding hydrogens is 454 g/mol. The third kappa shape index (κ3) is 5.88. The molecule has 0 spiro atoms. The van der Waals surface area contributed by atoms with Crippen LogP contribution in [0.3, 0.4) is 0 Å². The fourth-order valence-corrected chi connectivity index (χ4v) is 5.04. The van der Waals surface area contributed by atoms with E-state index in [-0.39, 0.29) is 30.3 Å². The van der Waals surface area contributed by atoms with Gasteiger partial charge in [0.2, 0.25) is 15.9 Å². The second-order valence-electron chi connectivity index (χ2n) is 7.16. The lowest BCUT2D eigenvalue weighted by atomic mass is 10.1. The van der Waals surface area contributed by atoms with Crippen LogP contribution >= 0.6 is 15.9 Å². The quantitative estimate of drug-likeness (QED) is 0.662. The Kier molecular flexibility index (Phi) is 7.45. The molecule has 2 aromatic rings. The molecule has 1 heterocycles. The van der Waals surface area contributed by atoms with Crippen LogP contribution in [0.15, 0.2) is 57.9 Å². The Morgan fingerprint density at radius 2 is 1.83 bits per heavy atom. The van der Waals surface area contributed by atoms with Gasteiger partial charge in [0, 0.05) is 50.2 Å². The van der Waals surface area contributed by atoms with Gasteiger partial charge in [-0.15, -0.1) is 0 Å². The first kappa shape index (κ1) is 22.0. The number of hydrogen-bond donors (Lipinski definition) is 1. The normalized spacial score (nSPS) is 14.9. The molecule has 0 saturated carbocycles. The smallest absolute Gasteiger partial charge is 0.243 e. The van der Waals surface area contributed by atoms with E-state index in [4.69, 9.17) is 0 Å². The molecule has 29 heavy (non-hydrogen) atoms. The number of nitrogens with one attached hydrogen (secondary N) is 1. The van der Waals surface area contributed by atoms with Crippen molar-refractivity contribution in [3.63, 3.8) is 0 Å². The largest absolute Gasteiger partial charge is 0.340 e. The van der Waals surface area contributed by atoms with Crippen molar-refractivity contribution in [1.29, 1.82) is 0 Å². The Balaban J connectivity index is 1.80. The number of sulfonamides is 1. The average molecular weight is 480 g/mol. The van der Waals surface area contributed by atoms with Gasteiger partial charge in [-0.3, -0.25) is 4.79 Å². The number of hydrogen-bond acceptors (Lipinski definition) is 4. The minimum absolute atomic E-state index is 0.00764. The van der Waals surface area contributed by atoms with Crippen molar-refractivity contribution in [2.24, 2.45) is 0 Å². The summed E-state index contributed by atoms with van der Waals surface area (Å²) in [5.74, 6) is -0.00764. The van der Waals surface area contributed by atoms with Crippen molar-refractivity contribution in [2.75, 3.05) is 32.7 Å². The highest BCUT2D eigenvalue weighted by Gasteiger charge is 2.26. The lowest BCUT2D eigenvalue weighted by Gasteiger charge is -2.29. The molecule has 0 radical (unpaired) electrons. The molecule has 0 unspecified atom stereocenters. The molecule has 0 bridgehead atoms. The Morgan fingerprint density at radius 3 is 2.48 bits per heavy atom. The zero-order valence-corrected chi connectivity index (χ0v) is 18.9. The highest BCUT2D eigenvalue weighted by atomic mass is 79.9. The molecule has 1 aliphatic heterocycles. The first-order valence-corrected chi connectivity index (χ1v) is 11.9. The van der Waals surface area contributed by atoms with Gasteiger partial charge in [0.25, 0.3) is 0 Å². The van der Waals surface area contributed by atoms with Gasteiger partial charge in [-0.2, -0.15) is 4.31 Å². The molecule has 6 nitrogen and oxygen atoms in total. The highest BCUT2D eigenvalue weighted by Crippen LogP contribution is 2.21. The maximum Gasteiger partial charge on any atom is 0.243 e. The molecule has 2 aromatic carbocycles. The Hall–Kier alpha value is -1.74. The number of rotatable bonds is 7. The summed E-state index contributed by atoms with van der Waals surface area (Å²) < 4.78 is 28.8. The van der Waals surface area contributed by atoms with Crippen molar-refractivity contribution in [3.8, 4) is 0 Å². The van der Waals surface area contributed by atoms with Crippen LogP contribution in [-0.2, 0) is 21.4 Å². The SMILES string of the molecule is Cc1cccc(CN(CCC(=O)N2CCNCC2)S(=O)(=O)c2ccc(Br)cc2)c1. The lowest BCUT2D eigenvalue weighted by Crippen LogP contribution is -2.47. The Morgan fingerprint density at radius 1 is 1.14 bits per heavy atom. The molecule has 156 valence electrons. The van der Waals surface area contributed by atoms with Gasteiger partial charge >= 0.3 is 0 Å². The van der Waals surface area contributed by atoms with Gasteiger partial charge in [0.05, 0.1) is 4.90 Å². The summed E-state index contributed by atoms with van der Waals surface area (Å²) >= 11 is 3.34. The minimum atomic E-state index is -3.73. The number of carbonyl (C=O) groups excluding carboxylic acids is 1. The predicted octanol–water partition coefficient (Wildman–Crippen LogP) is 2.77. The van der Waals surface area contributed by atoms with E-state index in [1.807, 2.05) is 31.2 Å². The summed E-state index contributed by atoms with van der Waals surface area (Å²) in [4.78, 5) is 14.6. The number of carbonyl (C=O) groups is 1. The maximum atomic E-state index is 13.3. The molecule has 1 amide bonds. The van der Waals surface area contributed by atoms with Gasteiger partial charge in [-0.1, -0.05) is 45.8 Å². The van der Waals surface area contributed by atoms with Crippen LogP contribution in [0.4, 0.5) is 0 Å². The van der Waals surface area contributed by atoms with Gasteiger partial charge in [-0.05, 0) is 36.8 Å². The van der Waals surface area contributed by atoms with Crippen LogP contribution in [-0.4, -0.2) is 56.3 Å². The first-order chi connectivity index (χ1) is 13.9. The molecular formula is C21H26BrN3O3S. The number of piperazine rings is 1. The van der Waals surface area contributed by atoms with E-state index >= 15 is 0 Å². The summed E-state index contributed by atoms with van der Waals surface area (Å²) in [6.45, 7) is 5.23. The van der Waals surface area contributed by atoms with Gasteiger partial charge in [-0.25, -0.2) is 8.42 Å². The van der Waals surface area contributed by atoms with Crippen molar-refractivity contribution < 1.29 is 13.2 Å². The fourth-order valence-electron chi connectivity index (χ4n) is 3.35. The molecule has 1 N–H and O–H groups in total. The minimum Gasteiger partial charge on any atom is -0.340 e. The number of benzene rings is 2. The van der Waals surface area contributed by atoms with Crippen LogP contribution in [0, 0.1) is 6.92 Å². The number of aryl methyl sites for hydroxylation is 1. The van der Waals surface area contributed by atoms with E-state index in [0.29, 0.717) is 13.1 Å². The molecule has 3 rings (SSSR count). The monoisotopic (exact) mass is 479 g/mol. The van der Waals surface area contributed by atoms with Gasteiger partial charge in [0.1, 0.15) is 0 Å². The molecule has 1 fully saturated rings. The molecule has 8 heteroatoms. The zero-order valence-electron chi connectivity index (χ0n) is 16.5. The maximum absolute atomic E-state index is 13.3. The topological polar surface area (TPSA) is 69.7 Å². The molecule has 0 atom stereocenters. The van der Waals surface area contributed by atoms with E-state index in [1.54, 1.807) is 29.2 Å². The van der Waals surface area contributed by atoms with Crippen LogP contribution < -0.4 is 5.32 Å². The van der Waals surface area contributed by atoms with Crippen molar-refractivity contribution >= 4 is 31.9 Å². The van der Waals surface area contributed by atoms with E-state index in [2.05, 4.69) is 21.2 Å². The van der Waals surface area contributed by atoms with Crippen LogP contribution in [0.1, 0.15) is 17.5 Å². The Bertz CT molecular complexity index is 942. The summed E-state index contributed by atoms with van der Waals surface area (Å²) in [5.41, 5.74) is 1.97. The van der Waals surface area contributed by atoms with Crippen LogP contribution in [0.2, 0.25) is 0 Å². The fraction of sp³-hybridized carbons (Fsp3) is 0.381. The first-order valence-electron chi connectivity index (χ1n) is 9.66. The summed E-state index contributed by atoms with van der Waals surface area (Å²) in [6, 6.07) is 14.4. The summed E-state index contributed by atoms with van der Waals surface area (Å²) in [7, 11) is -3.73. The van der Waals surface area contributed by atoms with E-state index in [9.17, 15) is 13.2 Å². The predicted molar refractivity (Wildman–Crippen MR) is 117 cm³/mol. The summed E-state index contributed by atoms with van der Waals surface area (Å²) in [5, 5.41) is 3.22. The van der Waals surface area contributed by atoms with E-state index in [0.717, 1.165) is 28.7 Å². The van der Waals surface area contributed by atoms with Crippen molar-refractivity contribution in [1.82, 2.24) is 14.5 Å². The van der Waals surface area contributed by atoms with Crippen molar-refractivity contribution in [3.05, 3.63) is 64.1 Å². The number of amides is 1. The van der Waals surface area contributed by atoms with Crippen LogP contribution in [0.5, 0.6) is 0 Å². The second kappa shape index (κ2) is 9.84. The third-order valence-corrected chi connectivity index (χ3v) is 7.33.